The van der Waals surface area contributed by atoms with E-state index in [1.54, 1.807) is 13.0 Å². The second-order valence-electron chi connectivity index (χ2n) is 4.21. The molecule has 2 rings (SSSR count). The molecule has 1 amide bonds. The van der Waals surface area contributed by atoms with Crippen LogP contribution in [0.5, 0.6) is 5.75 Å². The summed E-state index contributed by atoms with van der Waals surface area (Å²) in [5, 5.41) is 12.2. The molecule has 96 valence electrons. The lowest BCUT2D eigenvalue weighted by Crippen LogP contribution is -2.32. The van der Waals surface area contributed by atoms with E-state index in [2.05, 4.69) is 5.32 Å². The first-order valence-corrected chi connectivity index (χ1v) is 5.89. The van der Waals surface area contributed by atoms with E-state index < -0.39 is 5.92 Å². The van der Waals surface area contributed by atoms with Crippen LogP contribution < -0.4 is 5.32 Å². The molecule has 1 aliphatic heterocycles. The van der Waals surface area contributed by atoms with Gasteiger partial charge < -0.3 is 15.2 Å². The van der Waals surface area contributed by atoms with E-state index in [1.165, 1.54) is 6.07 Å². The molecule has 0 aliphatic carbocycles. The third-order valence-electron chi connectivity index (χ3n) is 2.93. The zero-order valence-corrected chi connectivity index (χ0v) is 10.1. The Bertz CT molecular complexity index is 484. The summed E-state index contributed by atoms with van der Waals surface area (Å²) in [6, 6.07) is 5.06. The van der Waals surface area contributed by atoms with Crippen molar-refractivity contribution in [3.63, 3.8) is 0 Å². The topological polar surface area (TPSA) is 75.6 Å². The molecule has 5 nitrogen and oxygen atoms in total. The fraction of sp³-hybridized carbons (Fsp3) is 0.385. The van der Waals surface area contributed by atoms with Gasteiger partial charge in [0.2, 0.25) is 5.91 Å². The van der Waals surface area contributed by atoms with Gasteiger partial charge in [-0.1, -0.05) is 12.1 Å². The Morgan fingerprint density at radius 3 is 3.06 bits per heavy atom. The molecule has 18 heavy (non-hydrogen) atoms. The zero-order valence-electron chi connectivity index (χ0n) is 10.1. The molecule has 1 heterocycles. The van der Waals surface area contributed by atoms with Crippen molar-refractivity contribution in [3.8, 4) is 5.75 Å². The van der Waals surface area contributed by atoms with Crippen molar-refractivity contribution < 1.29 is 19.4 Å². The highest BCUT2D eigenvalue weighted by molar-refractivity contribution is 5.98. The van der Waals surface area contributed by atoms with Crippen LogP contribution in [0.1, 0.15) is 18.9 Å². The van der Waals surface area contributed by atoms with Crippen LogP contribution in [0.2, 0.25) is 0 Å². The Labute approximate surface area is 105 Å². The number of esters is 1. The molecule has 0 saturated carbocycles. The van der Waals surface area contributed by atoms with Crippen LogP contribution in [0.4, 0.5) is 5.69 Å². The number of phenols is 1. The lowest BCUT2D eigenvalue weighted by Gasteiger charge is -2.24. The van der Waals surface area contributed by atoms with E-state index in [0.29, 0.717) is 18.7 Å². The maximum absolute atomic E-state index is 11.8. The Balaban J connectivity index is 2.13. The number of aromatic hydroxyl groups is 1. The van der Waals surface area contributed by atoms with Crippen LogP contribution in [-0.4, -0.2) is 23.6 Å². The number of fused-ring (bicyclic) bond motifs is 1. The number of nitrogens with one attached hydrogen (secondary N) is 1. The third-order valence-corrected chi connectivity index (χ3v) is 2.93. The molecule has 2 N–H and O–H groups in total. The number of carbonyl (C=O) groups is 2. The summed E-state index contributed by atoms with van der Waals surface area (Å²) in [6.45, 7) is 2.04. The Morgan fingerprint density at radius 2 is 2.33 bits per heavy atom. The van der Waals surface area contributed by atoms with Crippen LogP contribution in [0.15, 0.2) is 18.2 Å². The monoisotopic (exact) mass is 249 g/mol. The SMILES string of the molecule is CCOC(=O)CC1Cc2cccc(O)c2NC1=O. The second-order valence-corrected chi connectivity index (χ2v) is 4.21. The van der Waals surface area contributed by atoms with Gasteiger partial charge in [-0.2, -0.15) is 0 Å². The largest absolute Gasteiger partial charge is 0.506 e. The maximum atomic E-state index is 11.8. The number of benzene rings is 1. The van der Waals surface area contributed by atoms with Gasteiger partial charge in [0, 0.05) is 0 Å². The fourth-order valence-electron chi connectivity index (χ4n) is 2.07. The van der Waals surface area contributed by atoms with Gasteiger partial charge in [0.15, 0.2) is 0 Å². The minimum atomic E-state index is -0.432. The highest BCUT2D eigenvalue weighted by Crippen LogP contribution is 2.34. The highest BCUT2D eigenvalue weighted by Gasteiger charge is 2.29. The number of carbonyl (C=O) groups excluding carboxylic acids is 2. The average Bonchev–Trinajstić information content (AvgIpc) is 2.32. The molecule has 1 aromatic rings. The molecular formula is C13H15NO4. The summed E-state index contributed by atoms with van der Waals surface area (Å²) in [4.78, 5) is 23.2. The minimum Gasteiger partial charge on any atom is -0.506 e. The van der Waals surface area contributed by atoms with Crippen molar-refractivity contribution in [1.82, 2.24) is 0 Å². The van der Waals surface area contributed by atoms with Gasteiger partial charge in [0.05, 0.1) is 24.6 Å². The van der Waals surface area contributed by atoms with Crippen molar-refractivity contribution in [2.45, 2.75) is 19.8 Å². The summed E-state index contributed by atoms with van der Waals surface area (Å²) in [5.41, 5.74) is 1.28. The Hall–Kier alpha value is -2.04. The van der Waals surface area contributed by atoms with Gasteiger partial charge in [0.1, 0.15) is 5.75 Å². The molecular weight excluding hydrogens is 234 g/mol. The van der Waals surface area contributed by atoms with Gasteiger partial charge in [0.25, 0.3) is 0 Å². The lowest BCUT2D eigenvalue weighted by atomic mass is 9.90. The molecule has 5 heteroatoms. The van der Waals surface area contributed by atoms with Crippen molar-refractivity contribution >= 4 is 17.6 Å². The van der Waals surface area contributed by atoms with Crippen molar-refractivity contribution in [3.05, 3.63) is 23.8 Å². The third kappa shape index (κ3) is 2.45. The number of anilines is 1. The number of para-hydroxylation sites is 1. The van der Waals surface area contributed by atoms with Gasteiger partial charge in [-0.15, -0.1) is 0 Å². The molecule has 0 radical (unpaired) electrons. The summed E-state index contributed by atoms with van der Waals surface area (Å²) >= 11 is 0. The Morgan fingerprint density at radius 1 is 1.56 bits per heavy atom. The predicted octanol–water partition coefficient (Wildman–Crippen LogP) is 1.46. The normalized spacial score (nSPS) is 17.8. The number of rotatable bonds is 3. The van der Waals surface area contributed by atoms with Gasteiger partial charge in [-0.3, -0.25) is 9.59 Å². The van der Waals surface area contributed by atoms with Crippen molar-refractivity contribution in [2.24, 2.45) is 5.92 Å². The van der Waals surface area contributed by atoms with E-state index in [-0.39, 0.29) is 24.0 Å². The average molecular weight is 249 g/mol. The molecule has 0 bridgehead atoms. The highest BCUT2D eigenvalue weighted by atomic mass is 16.5. The number of amides is 1. The molecule has 0 fully saturated rings. The van der Waals surface area contributed by atoms with Crippen LogP contribution in [0, 0.1) is 5.92 Å². The fourth-order valence-corrected chi connectivity index (χ4v) is 2.07. The standard InChI is InChI=1S/C13H15NO4/c1-2-18-11(16)7-9-6-8-4-3-5-10(15)12(8)14-13(9)17/h3-5,9,15H,2,6-7H2,1H3,(H,14,17). The van der Waals surface area contributed by atoms with Crippen molar-refractivity contribution in [2.75, 3.05) is 11.9 Å². The summed E-state index contributed by atoms with van der Waals surface area (Å²) in [6.07, 6.45) is 0.503. The van der Waals surface area contributed by atoms with Gasteiger partial charge >= 0.3 is 5.97 Å². The van der Waals surface area contributed by atoms with E-state index in [9.17, 15) is 14.7 Å². The Kier molecular flexibility index (Phi) is 3.50. The van der Waals surface area contributed by atoms with Crippen LogP contribution in [0.3, 0.4) is 0 Å². The predicted molar refractivity (Wildman–Crippen MR) is 65.2 cm³/mol. The van der Waals surface area contributed by atoms with E-state index in [1.807, 2.05) is 6.07 Å². The molecule has 0 saturated heterocycles. The van der Waals surface area contributed by atoms with E-state index in [0.717, 1.165) is 5.56 Å². The first-order valence-electron chi connectivity index (χ1n) is 5.89. The first-order chi connectivity index (χ1) is 8.61. The first kappa shape index (κ1) is 12.4. The number of hydrogen-bond acceptors (Lipinski definition) is 4. The van der Waals surface area contributed by atoms with Crippen molar-refractivity contribution in [1.29, 1.82) is 0 Å². The maximum Gasteiger partial charge on any atom is 0.306 e. The lowest BCUT2D eigenvalue weighted by molar-refractivity contribution is -0.145. The molecule has 0 aromatic heterocycles. The van der Waals surface area contributed by atoms with Gasteiger partial charge in [-0.05, 0) is 25.0 Å². The van der Waals surface area contributed by atoms with Crippen LogP contribution in [0.25, 0.3) is 0 Å². The van der Waals surface area contributed by atoms with E-state index in [4.69, 9.17) is 4.74 Å². The summed E-state index contributed by atoms with van der Waals surface area (Å²) < 4.78 is 4.84. The number of ether oxygens (including phenoxy) is 1. The van der Waals surface area contributed by atoms with E-state index >= 15 is 0 Å². The number of hydrogen-bond donors (Lipinski definition) is 2. The van der Waals surface area contributed by atoms with Crippen LogP contribution in [-0.2, 0) is 20.7 Å². The van der Waals surface area contributed by atoms with Crippen LogP contribution >= 0.6 is 0 Å². The quantitative estimate of drug-likeness (QED) is 0.628. The molecule has 1 unspecified atom stereocenters. The minimum absolute atomic E-state index is 0.0513. The molecule has 1 aliphatic rings. The smallest absolute Gasteiger partial charge is 0.306 e. The zero-order chi connectivity index (χ0) is 13.1. The molecule has 1 aromatic carbocycles. The molecule has 0 spiro atoms. The molecule has 1 atom stereocenters. The second kappa shape index (κ2) is 5.08. The summed E-state index contributed by atoms with van der Waals surface area (Å²) in [7, 11) is 0. The summed E-state index contributed by atoms with van der Waals surface area (Å²) in [5.74, 6) is -1.01. The number of phenolic OH excluding ortho intramolecular Hbond substituents is 1. The van der Waals surface area contributed by atoms with Gasteiger partial charge in [-0.25, -0.2) is 0 Å².